The number of aromatic hydroxyl groups is 2. The van der Waals surface area contributed by atoms with Crippen LogP contribution in [0.25, 0.3) is 0 Å². The molecule has 0 aliphatic rings. The van der Waals surface area contributed by atoms with Crippen LogP contribution in [0.4, 0.5) is 22.7 Å². The predicted octanol–water partition coefficient (Wildman–Crippen LogP) is 6.89. The Morgan fingerprint density at radius 1 is 0.654 bits per heavy atom. The zero-order chi connectivity index (χ0) is 18.5. The van der Waals surface area contributed by atoms with Crippen molar-refractivity contribution in [3.05, 3.63) is 71.2 Å². The van der Waals surface area contributed by atoms with Gasteiger partial charge < -0.3 is 10.2 Å². The predicted molar refractivity (Wildman–Crippen MR) is 101 cm³/mol. The molecule has 2 N–H and O–H groups in total. The lowest BCUT2D eigenvalue weighted by atomic mass is 10.2. The lowest BCUT2D eigenvalue weighted by molar-refractivity contribution is 0.452. The Balaban J connectivity index is 1.86. The van der Waals surface area contributed by atoms with E-state index in [2.05, 4.69) is 20.5 Å². The van der Waals surface area contributed by atoms with Crippen LogP contribution >= 0.6 is 11.6 Å². The number of nitrogens with zero attached hydrogens (tertiary/aromatic N) is 4. The van der Waals surface area contributed by atoms with Crippen molar-refractivity contribution in [2.24, 2.45) is 20.5 Å². The third-order valence-electron chi connectivity index (χ3n) is 3.48. The average molecular weight is 367 g/mol. The van der Waals surface area contributed by atoms with Crippen molar-refractivity contribution in [3.8, 4) is 11.5 Å². The minimum Gasteiger partial charge on any atom is -0.505 e. The van der Waals surface area contributed by atoms with E-state index in [-0.39, 0.29) is 22.9 Å². The summed E-state index contributed by atoms with van der Waals surface area (Å²) in [7, 11) is 0. The summed E-state index contributed by atoms with van der Waals surface area (Å²) in [4.78, 5) is 0. The van der Waals surface area contributed by atoms with Gasteiger partial charge >= 0.3 is 0 Å². The van der Waals surface area contributed by atoms with Crippen LogP contribution in [0, 0.1) is 6.92 Å². The Labute approximate surface area is 155 Å². The highest BCUT2D eigenvalue weighted by Gasteiger charge is 2.08. The zero-order valence-electron chi connectivity index (χ0n) is 13.8. The maximum Gasteiger partial charge on any atom is 0.146 e. The van der Waals surface area contributed by atoms with Gasteiger partial charge in [0.2, 0.25) is 0 Å². The van der Waals surface area contributed by atoms with Gasteiger partial charge in [-0.2, -0.15) is 10.2 Å². The highest BCUT2D eigenvalue weighted by atomic mass is 35.5. The van der Waals surface area contributed by atoms with E-state index in [0.29, 0.717) is 16.4 Å². The van der Waals surface area contributed by atoms with Gasteiger partial charge in [-0.15, -0.1) is 10.2 Å². The van der Waals surface area contributed by atoms with Gasteiger partial charge in [0.1, 0.15) is 22.9 Å². The number of halogens is 1. The Hall–Kier alpha value is -3.25. The second-order valence-corrected chi connectivity index (χ2v) is 5.98. The Bertz CT molecular complexity index is 891. The Morgan fingerprint density at radius 2 is 1.12 bits per heavy atom. The first-order chi connectivity index (χ1) is 12.5. The molecule has 3 aromatic rings. The number of phenolic OH excluding ortho intramolecular Hbond substituents is 2. The molecule has 6 nitrogen and oxygen atoms in total. The van der Waals surface area contributed by atoms with Crippen molar-refractivity contribution >= 4 is 34.4 Å². The molecule has 130 valence electrons. The Morgan fingerprint density at radius 3 is 1.62 bits per heavy atom. The average Bonchev–Trinajstić information content (AvgIpc) is 2.63. The van der Waals surface area contributed by atoms with Gasteiger partial charge in [0.15, 0.2) is 0 Å². The van der Waals surface area contributed by atoms with E-state index in [9.17, 15) is 10.2 Å². The van der Waals surface area contributed by atoms with E-state index in [0.717, 1.165) is 11.6 Å². The van der Waals surface area contributed by atoms with Crippen LogP contribution in [-0.4, -0.2) is 10.2 Å². The van der Waals surface area contributed by atoms with Gasteiger partial charge in [-0.3, -0.25) is 0 Å². The molecule has 0 unspecified atom stereocenters. The molecule has 0 atom stereocenters. The number of rotatable bonds is 4. The van der Waals surface area contributed by atoms with E-state index in [1.54, 1.807) is 24.3 Å². The van der Waals surface area contributed by atoms with Gasteiger partial charge in [-0.05, 0) is 43.3 Å². The fourth-order valence-corrected chi connectivity index (χ4v) is 2.18. The standard InChI is InChI=1S/C19H15ClN4O2/c1-12-2-6-14(7-3-12)21-23-16-10-17(19(26)11-18(16)25)24-22-15-8-4-13(20)5-9-15/h2-11,25-26H,1H3. The van der Waals surface area contributed by atoms with Crippen LogP contribution in [0.2, 0.25) is 5.02 Å². The molecular formula is C19H15ClN4O2. The molecule has 0 saturated heterocycles. The van der Waals surface area contributed by atoms with E-state index in [1.165, 1.54) is 6.07 Å². The van der Waals surface area contributed by atoms with Gasteiger partial charge in [0, 0.05) is 17.2 Å². The molecule has 3 rings (SSSR count). The van der Waals surface area contributed by atoms with Crippen LogP contribution in [-0.2, 0) is 0 Å². The van der Waals surface area contributed by atoms with Crippen LogP contribution in [0.5, 0.6) is 11.5 Å². The maximum absolute atomic E-state index is 9.95. The van der Waals surface area contributed by atoms with Crippen molar-refractivity contribution in [1.82, 2.24) is 0 Å². The van der Waals surface area contributed by atoms with Gasteiger partial charge in [-0.1, -0.05) is 29.3 Å². The molecule has 0 aliphatic carbocycles. The molecule has 0 spiro atoms. The summed E-state index contributed by atoms with van der Waals surface area (Å²) < 4.78 is 0. The zero-order valence-corrected chi connectivity index (χ0v) is 14.6. The van der Waals surface area contributed by atoms with E-state index >= 15 is 0 Å². The summed E-state index contributed by atoms with van der Waals surface area (Å²) in [6.07, 6.45) is 0. The minimum absolute atomic E-state index is 0.163. The molecule has 0 radical (unpaired) electrons. The van der Waals surface area contributed by atoms with Crippen LogP contribution < -0.4 is 0 Å². The first-order valence-electron chi connectivity index (χ1n) is 7.73. The molecule has 0 bridgehead atoms. The lowest BCUT2D eigenvalue weighted by Crippen LogP contribution is -1.73. The number of azo groups is 2. The SMILES string of the molecule is Cc1ccc(N=Nc2cc(N=Nc3ccc(Cl)cc3)c(O)cc2O)cc1. The monoisotopic (exact) mass is 366 g/mol. The molecule has 0 amide bonds. The Kier molecular flexibility index (Phi) is 5.24. The number of hydrogen-bond acceptors (Lipinski definition) is 6. The maximum atomic E-state index is 9.95. The molecule has 0 aliphatic heterocycles. The number of phenols is 2. The third-order valence-corrected chi connectivity index (χ3v) is 3.73. The quantitative estimate of drug-likeness (QED) is 0.492. The van der Waals surface area contributed by atoms with E-state index in [1.807, 2.05) is 31.2 Å². The first-order valence-corrected chi connectivity index (χ1v) is 8.11. The number of aryl methyl sites for hydroxylation is 1. The van der Waals surface area contributed by atoms with Crippen molar-refractivity contribution in [3.63, 3.8) is 0 Å². The smallest absolute Gasteiger partial charge is 0.146 e. The highest BCUT2D eigenvalue weighted by Crippen LogP contribution is 2.39. The lowest BCUT2D eigenvalue weighted by Gasteiger charge is -2.02. The van der Waals surface area contributed by atoms with Crippen LogP contribution in [0.3, 0.4) is 0 Å². The van der Waals surface area contributed by atoms with Gasteiger partial charge in [-0.25, -0.2) is 0 Å². The molecule has 0 aromatic heterocycles. The van der Waals surface area contributed by atoms with E-state index in [4.69, 9.17) is 11.6 Å². The number of hydrogen-bond donors (Lipinski definition) is 2. The fourth-order valence-electron chi connectivity index (χ4n) is 2.06. The first kappa shape index (κ1) is 17.6. The van der Waals surface area contributed by atoms with Crippen molar-refractivity contribution < 1.29 is 10.2 Å². The van der Waals surface area contributed by atoms with E-state index < -0.39 is 0 Å². The summed E-state index contributed by atoms with van der Waals surface area (Å²) >= 11 is 5.82. The second-order valence-electron chi connectivity index (χ2n) is 5.54. The van der Waals surface area contributed by atoms with Gasteiger partial charge in [0.05, 0.1) is 11.4 Å². The molecule has 26 heavy (non-hydrogen) atoms. The number of benzene rings is 3. The summed E-state index contributed by atoms with van der Waals surface area (Å²) in [6, 6.07) is 16.8. The highest BCUT2D eigenvalue weighted by molar-refractivity contribution is 6.30. The van der Waals surface area contributed by atoms with Crippen molar-refractivity contribution in [2.45, 2.75) is 6.92 Å². The fraction of sp³-hybridized carbons (Fsp3) is 0.0526. The summed E-state index contributed by atoms with van der Waals surface area (Å²) in [5.41, 5.74) is 2.67. The minimum atomic E-state index is -0.213. The second kappa shape index (κ2) is 7.76. The molecular weight excluding hydrogens is 352 g/mol. The largest absolute Gasteiger partial charge is 0.505 e. The summed E-state index contributed by atoms with van der Waals surface area (Å²) in [5, 5.41) is 36.6. The molecule has 7 heteroatoms. The molecule has 0 fully saturated rings. The molecule has 0 heterocycles. The van der Waals surface area contributed by atoms with Gasteiger partial charge in [0.25, 0.3) is 0 Å². The van der Waals surface area contributed by atoms with Crippen molar-refractivity contribution in [2.75, 3.05) is 0 Å². The molecule has 3 aromatic carbocycles. The third kappa shape index (κ3) is 4.43. The van der Waals surface area contributed by atoms with Crippen molar-refractivity contribution in [1.29, 1.82) is 0 Å². The normalized spacial score (nSPS) is 11.5. The van der Waals surface area contributed by atoms with Crippen LogP contribution in [0.1, 0.15) is 5.56 Å². The summed E-state index contributed by atoms with van der Waals surface area (Å²) in [5.74, 6) is -0.418. The summed E-state index contributed by atoms with van der Waals surface area (Å²) in [6.45, 7) is 1.98. The topological polar surface area (TPSA) is 89.9 Å². The van der Waals surface area contributed by atoms with Crippen LogP contribution in [0.15, 0.2) is 81.1 Å². The molecule has 0 saturated carbocycles.